The number of H-pyrrole nitrogens is 1. The number of carbonyl (C=O) groups excluding carboxylic acids is 1. The summed E-state index contributed by atoms with van der Waals surface area (Å²) in [5.74, 6) is 0.195. The Morgan fingerprint density at radius 3 is 2.52 bits per heavy atom. The normalized spacial score (nSPS) is 12.5. The fourth-order valence-electron chi connectivity index (χ4n) is 4.77. The SMILES string of the molecule is N[C@@H](c1ccccc1)c1cccc(OCC(=O)Nc2cccc(CNC[C@H](O)c3ccc(O)c4[nH]c(=O)ccc34)c2)c1. The van der Waals surface area contributed by atoms with Gasteiger partial charge in [0.05, 0.1) is 17.7 Å². The summed E-state index contributed by atoms with van der Waals surface area (Å²) in [5, 5.41) is 27.5. The van der Waals surface area contributed by atoms with Gasteiger partial charge in [0.15, 0.2) is 6.61 Å². The second kappa shape index (κ2) is 13.1. The first-order valence-electron chi connectivity index (χ1n) is 13.5. The van der Waals surface area contributed by atoms with Gasteiger partial charge in [-0.1, -0.05) is 60.7 Å². The molecule has 1 heterocycles. The van der Waals surface area contributed by atoms with Gasteiger partial charge in [0.25, 0.3) is 5.91 Å². The molecule has 0 bridgehead atoms. The average Bonchev–Trinajstić information content (AvgIpc) is 3.01. The zero-order valence-electron chi connectivity index (χ0n) is 22.8. The van der Waals surface area contributed by atoms with Gasteiger partial charge in [-0.25, -0.2) is 0 Å². The maximum absolute atomic E-state index is 12.6. The van der Waals surface area contributed by atoms with Crippen molar-refractivity contribution < 1.29 is 19.7 Å². The van der Waals surface area contributed by atoms with E-state index in [-0.39, 0.29) is 41.9 Å². The number of pyridine rings is 1. The first kappa shape index (κ1) is 28.6. The lowest BCUT2D eigenvalue weighted by Gasteiger charge is -2.16. The van der Waals surface area contributed by atoms with Crippen LogP contribution in [-0.4, -0.2) is 34.3 Å². The van der Waals surface area contributed by atoms with Crippen molar-refractivity contribution in [3.05, 3.63) is 136 Å². The van der Waals surface area contributed by atoms with E-state index in [1.54, 1.807) is 24.3 Å². The van der Waals surface area contributed by atoms with Gasteiger partial charge in [-0.3, -0.25) is 9.59 Å². The number of rotatable bonds is 11. The van der Waals surface area contributed by atoms with Crippen molar-refractivity contribution in [2.24, 2.45) is 5.73 Å². The van der Waals surface area contributed by atoms with E-state index in [0.717, 1.165) is 16.7 Å². The van der Waals surface area contributed by atoms with Gasteiger partial charge in [-0.15, -0.1) is 0 Å². The molecule has 7 N–H and O–H groups in total. The molecule has 0 unspecified atom stereocenters. The second-order valence-electron chi connectivity index (χ2n) is 9.93. The third-order valence-electron chi connectivity index (χ3n) is 6.89. The zero-order chi connectivity index (χ0) is 29.5. The van der Waals surface area contributed by atoms with Crippen LogP contribution in [0.3, 0.4) is 0 Å². The average molecular weight is 565 g/mol. The number of phenolic OH excluding ortho intramolecular Hbond substituents is 1. The number of fused-ring (bicyclic) bond motifs is 1. The van der Waals surface area contributed by atoms with Crippen LogP contribution in [0.15, 0.2) is 108 Å². The summed E-state index contributed by atoms with van der Waals surface area (Å²) in [4.78, 5) is 26.8. The molecule has 42 heavy (non-hydrogen) atoms. The van der Waals surface area contributed by atoms with Gasteiger partial charge in [0, 0.05) is 30.2 Å². The summed E-state index contributed by atoms with van der Waals surface area (Å²) in [6, 6.07) is 30.3. The number of anilines is 1. The maximum Gasteiger partial charge on any atom is 0.262 e. The number of aromatic amines is 1. The number of carbonyl (C=O) groups is 1. The fourth-order valence-corrected chi connectivity index (χ4v) is 4.77. The molecule has 0 fully saturated rings. The minimum Gasteiger partial charge on any atom is -0.506 e. The van der Waals surface area contributed by atoms with E-state index in [4.69, 9.17) is 10.5 Å². The van der Waals surface area contributed by atoms with E-state index in [2.05, 4.69) is 15.6 Å². The van der Waals surface area contributed by atoms with Crippen LogP contribution in [-0.2, 0) is 11.3 Å². The number of amides is 1. The third kappa shape index (κ3) is 7.02. The Morgan fingerprint density at radius 1 is 0.905 bits per heavy atom. The van der Waals surface area contributed by atoms with Gasteiger partial charge < -0.3 is 36.3 Å². The molecule has 0 saturated carbocycles. The standard InChI is InChI=1S/C33H32N4O5/c34-32(22-7-2-1-3-8-22)23-9-5-11-25(17-23)42-20-31(41)36-24-10-4-6-21(16-24)18-35-19-29(39)26-12-14-28(38)33-27(26)13-15-30(40)37-33/h1-17,29,32,35,38-39H,18-20,34H2,(H,36,41)(H,37,40)/t29-,32-/m0/s1. The third-order valence-corrected chi connectivity index (χ3v) is 6.89. The number of aromatic hydroxyl groups is 1. The van der Waals surface area contributed by atoms with Gasteiger partial charge in [-0.05, 0) is 58.7 Å². The molecule has 5 aromatic rings. The Kier molecular flexibility index (Phi) is 8.93. The van der Waals surface area contributed by atoms with Crippen molar-refractivity contribution in [1.82, 2.24) is 10.3 Å². The van der Waals surface area contributed by atoms with Crippen LogP contribution in [0.25, 0.3) is 10.9 Å². The van der Waals surface area contributed by atoms with E-state index < -0.39 is 6.10 Å². The molecule has 214 valence electrons. The van der Waals surface area contributed by atoms with Crippen LogP contribution in [0.5, 0.6) is 11.5 Å². The Balaban J connectivity index is 1.13. The summed E-state index contributed by atoms with van der Waals surface area (Å²) in [7, 11) is 0. The van der Waals surface area contributed by atoms with Crippen LogP contribution in [0.1, 0.15) is 34.4 Å². The molecular weight excluding hydrogens is 532 g/mol. The number of benzene rings is 4. The predicted molar refractivity (Wildman–Crippen MR) is 162 cm³/mol. The van der Waals surface area contributed by atoms with Crippen LogP contribution >= 0.6 is 0 Å². The number of nitrogens with one attached hydrogen (secondary N) is 3. The molecule has 9 nitrogen and oxygen atoms in total. The molecule has 0 radical (unpaired) electrons. The van der Waals surface area contributed by atoms with Crippen LogP contribution < -0.4 is 26.7 Å². The molecule has 5 rings (SSSR count). The molecule has 4 aromatic carbocycles. The van der Waals surface area contributed by atoms with E-state index in [0.29, 0.717) is 28.9 Å². The van der Waals surface area contributed by atoms with Crippen LogP contribution in [0.4, 0.5) is 5.69 Å². The largest absolute Gasteiger partial charge is 0.506 e. The highest BCUT2D eigenvalue weighted by Crippen LogP contribution is 2.28. The van der Waals surface area contributed by atoms with Crippen molar-refractivity contribution in [3.8, 4) is 11.5 Å². The quantitative estimate of drug-likeness (QED) is 0.141. The summed E-state index contributed by atoms with van der Waals surface area (Å²) in [6.07, 6.45) is -0.875. The summed E-state index contributed by atoms with van der Waals surface area (Å²) >= 11 is 0. The Morgan fingerprint density at radius 2 is 1.69 bits per heavy atom. The van der Waals surface area contributed by atoms with Gasteiger partial charge in [0.1, 0.15) is 11.5 Å². The number of hydrogen-bond acceptors (Lipinski definition) is 7. The van der Waals surface area contributed by atoms with Crippen LogP contribution in [0, 0.1) is 0 Å². The molecule has 0 aliphatic carbocycles. The summed E-state index contributed by atoms with van der Waals surface area (Å²) in [5.41, 5.74) is 10.3. The summed E-state index contributed by atoms with van der Waals surface area (Å²) in [6.45, 7) is 0.513. The number of aliphatic hydroxyl groups is 1. The van der Waals surface area contributed by atoms with Crippen molar-refractivity contribution in [2.45, 2.75) is 18.7 Å². The van der Waals surface area contributed by atoms with E-state index >= 15 is 0 Å². The second-order valence-corrected chi connectivity index (χ2v) is 9.93. The van der Waals surface area contributed by atoms with Crippen molar-refractivity contribution in [2.75, 3.05) is 18.5 Å². The molecule has 0 saturated heterocycles. The van der Waals surface area contributed by atoms with Gasteiger partial charge in [-0.2, -0.15) is 0 Å². The van der Waals surface area contributed by atoms with Crippen molar-refractivity contribution in [3.63, 3.8) is 0 Å². The van der Waals surface area contributed by atoms with Crippen molar-refractivity contribution in [1.29, 1.82) is 0 Å². The Bertz CT molecular complexity index is 1740. The molecule has 0 aliphatic heterocycles. The van der Waals surface area contributed by atoms with E-state index in [1.807, 2.05) is 66.7 Å². The predicted octanol–water partition coefficient (Wildman–Crippen LogP) is 4.12. The highest BCUT2D eigenvalue weighted by Gasteiger charge is 2.14. The topological polar surface area (TPSA) is 150 Å². The monoisotopic (exact) mass is 564 g/mol. The first-order chi connectivity index (χ1) is 20.4. The molecule has 9 heteroatoms. The number of ether oxygens (including phenoxy) is 1. The number of hydrogen-bond donors (Lipinski definition) is 6. The van der Waals surface area contributed by atoms with E-state index in [9.17, 15) is 19.8 Å². The minimum absolute atomic E-state index is 0.0587. The zero-order valence-corrected chi connectivity index (χ0v) is 22.8. The molecule has 2 atom stereocenters. The Hall–Kier alpha value is -4.96. The number of nitrogens with two attached hydrogens (primary N) is 1. The molecule has 0 spiro atoms. The molecular formula is C33H32N4O5. The van der Waals surface area contributed by atoms with Gasteiger partial charge >= 0.3 is 0 Å². The molecule has 1 amide bonds. The maximum atomic E-state index is 12.6. The van der Waals surface area contributed by atoms with Gasteiger partial charge in [0.2, 0.25) is 5.56 Å². The lowest BCUT2D eigenvalue weighted by molar-refractivity contribution is -0.118. The first-order valence-corrected chi connectivity index (χ1v) is 13.5. The van der Waals surface area contributed by atoms with Crippen molar-refractivity contribution >= 4 is 22.5 Å². The minimum atomic E-state index is -0.875. The Labute approximate surface area is 242 Å². The fraction of sp³-hybridized carbons (Fsp3) is 0.152. The lowest BCUT2D eigenvalue weighted by Crippen LogP contribution is -2.22. The molecule has 0 aliphatic rings. The lowest BCUT2D eigenvalue weighted by atomic mass is 10.00. The molecule has 1 aromatic heterocycles. The smallest absolute Gasteiger partial charge is 0.262 e. The van der Waals surface area contributed by atoms with E-state index in [1.165, 1.54) is 12.1 Å². The highest BCUT2D eigenvalue weighted by molar-refractivity contribution is 5.92. The summed E-state index contributed by atoms with van der Waals surface area (Å²) < 4.78 is 5.73. The number of phenols is 1. The van der Waals surface area contributed by atoms with Crippen LogP contribution in [0.2, 0.25) is 0 Å². The highest BCUT2D eigenvalue weighted by atomic mass is 16.5. The number of aliphatic hydroxyl groups excluding tert-OH is 1. The number of aromatic nitrogens is 1.